The Morgan fingerprint density at radius 1 is 1.22 bits per heavy atom. The third kappa shape index (κ3) is 1.96. The molecular weight excluding hydrogens is 292 g/mol. The van der Waals surface area contributed by atoms with E-state index in [0.717, 1.165) is 5.56 Å². The third-order valence-electron chi connectivity index (χ3n) is 2.25. The lowest BCUT2D eigenvalue weighted by Gasteiger charge is -1.93. The van der Waals surface area contributed by atoms with Crippen LogP contribution in [-0.4, -0.2) is 19.6 Å². The molecular formula is C10H5ClN4OS2. The van der Waals surface area contributed by atoms with Gasteiger partial charge in [-0.25, -0.2) is 0 Å². The van der Waals surface area contributed by atoms with Crippen LogP contribution >= 0.6 is 36.0 Å². The molecule has 18 heavy (non-hydrogen) atoms. The third-order valence-corrected chi connectivity index (χ3v) is 2.97. The summed E-state index contributed by atoms with van der Waals surface area (Å²) in [6, 6.07) is 7.11. The molecule has 0 saturated carbocycles. The molecule has 3 aromatic rings. The van der Waals surface area contributed by atoms with E-state index in [1.807, 2.05) is 0 Å². The van der Waals surface area contributed by atoms with Crippen molar-refractivity contribution in [2.24, 2.45) is 0 Å². The van der Waals surface area contributed by atoms with Crippen molar-refractivity contribution < 1.29 is 4.42 Å². The van der Waals surface area contributed by atoms with Crippen molar-refractivity contribution >= 4 is 41.9 Å². The molecule has 0 radical (unpaired) electrons. The van der Waals surface area contributed by atoms with E-state index in [4.69, 9.17) is 40.5 Å². The largest absolute Gasteiger partial charge is 0.403 e. The first-order valence-electron chi connectivity index (χ1n) is 4.89. The Morgan fingerprint density at radius 3 is 2.67 bits per heavy atom. The summed E-state index contributed by atoms with van der Waals surface area (Å²) in [5.74, 6) is 0.660. The number of nitrogens with one attached hydrogen (secondary N) is 1. The van der Waals surface area contributed by atoms with E-state index in [1.54, 1.807) is 24.3 Å². The molecule has 0 spiro atoms. The molecule has 0 amide bonds. The van der Waals surface area contributed by atoms with Crippen LogP contribution in [0, 0.1) is 9.54 Å². The number of aromatic amines is 1. The van der Waals surface area contributed by atoms with Gasteiger partial charge in [0.15, 0.2) is 0 Å². The predicted molar refractivity (Wildman–Crippen MR) is 71.7 cm³/mol. The van der Waals surface area contributed by atoms with Crippen molar-refractivity contribution in [3.8, 4) is 11.5 Å². The smallest absolute Gasteiger partial charge is 0.330 e. The standard InChI is InChI=1S/C10H5ClN4OS2/c11-6-3-1-5(2-4-6)7-14-15-9(16-7)12-8(17)13-10(15)18/h1-4H,(H,13,17,18). The average molecular weight is 297 g/mol. The Balaban J connectivity index is 2.25. The summed E-state index contributed by atoms with van der Waals surface area (Å²) in [7, 11) is 0. The first-order valence-corrected chi connectivity index (χ1v) is 6.09. The minimum absolute atomic E-state index is 0.258. The monoisotopic (exact) mass is 296 g/mol. The maximum absolute atomic E-state index is 5.82. The SMILES string of the molecule is S=c1nc2oc(-c3ccc(Cl)cc3)nn2c(=S)[nH]1. The topological polar surface area (TPSA) is 59.1 Å². The van der Waals surface area contributed by atoms with Gasteiger partial charge in [0.05, 0.1) is 0 Å². The fourth-order valence-corrected chi connectivity index (χ4v) is 2.04. The highest BCUT2D eigenvalue weighted by atomic mass is 35.5. The maximum Gasteiger partial charge on any atom is 0.330 e. The molecule has 0 atom stereocenters. The molecule has 0 bridgehead atoms. The van der Waals surface area contributed by atoms with Gasteiger partial charge >= 0.3 is 5.84 Å². The number of halogens is 1. The minimum atomic E-state index is 0.258. The van der Waals surface area contributed by atoms with Crippen LogP contribution in [0.15, 0.2) is 28.7 Å². The second kappa shape index (κ2) is 4.27. The molecule has 2 heterocycles. The summed E-state index contributed by atoms with van der Waals surface area (Å²) in [6.07, 6.45) is 0. The molecule has 8 heteroatoms. The number of aromatic nitrogens is 4. The molecule has 5 nitrogen and oxygen atoms in total. The number of hydrogen-bond acceptors (Lipinski definition) is 5. The Morgan fingerprint density at radius 2 is 1.94 bits per heavy atom. The first-order chi connectivity index (χ1) is 8.63. The fourth-order valence-electron chi connectivity index (χ4n) is 1.45. The molecule has 1 N–H and O–H groups in total. The van der Waals surface area contributed by atoms with Gasteiger partial charge in [-0.15, -0.1) is 5.10 Å². The van der Waals surface area contributed by atoms with Gasteiger partial charge in [0.2, 0.25) is 15.4 Å². The van der Waals surface area contributed by atoms with Gasteiger partial charge in [-0.3, -0.25) is 0 Å². The van der Waals surface area contributed by atoms with Gasteiger partial charge in [0, 0.05) is 10.6 Å². The van der Waals surface area contributed by atoms with E-state index < -0.39 is 0 Å². The quantitative estimate of drug-likeness (QED) is 0.697. The lowest BCUT2D eigenvalue weighted by atomic mass is 10.2. The highest BCUT2D eigenvalue weighted by Gasteiger charge is 2.09. The van der Waals surface area contributed by atoms with Gasteiger partial charge < -0.3 is 9.40 Å². The summed E-state index contributed by atoms with van der Waals surface area (Å²) in [6.45, 7) is 0. The summed E-state index contributed by atoms with van der Waals surface area (Å²) in [4.78, 5) is 6.73. The zero-order chi connectivity index (χ0) is 12.7. The van der Waals surface area contributed by atoms with Crippen molar-refractivity contribution in [2.75, 3.05) is 0 Å². The molecule has 0 fully saturated rings. The number of rotatable bonds is 1. The highest BCUT2D eigenvalue weighted by molar-refractivity contribution is 7.71. The van der Waals surface area contributed by atoms with Crippen molar-refractivity contribution in [1.82, 2.24) is 19.6 Å². The van der Waals surface area contributed by atoms with Crippen LogP contribution in [0.4, 0.5) is 0 Å². The molecule has 1 aromatic carbocycles. The molecule has 0 saturated heterocycles. The van der Waals surface area contributed by atoms with E-state index >= 15 is 0 Å². The summed E-state index contributed by atoms with van der Waals surface area (Å²) < 4.78 is 7.49. The van der Waals surface area contributed by atoms with Crippen molar-refractivity contribution in [3.05, 3.63) is 38.8 Å². The predicted octanol–water partition coefficient (Wildman–Crippen LogP) is 3.43. The summed E-state index contributed by atoms with van der Waals surface area (Å²) >= 11 is 15.8. The highest BCUT2D eigenvalue weighted by Crippen LogP contribution is 2.20. The Labute approximate surface area is 116 Å². The van der Waals surface area contributed by atoms with Crippen LogP contribution in [0.2, 0.25) is 5.02 Å². The van der Waals surface area contributed by atoms with Gasteiger partial charge in [-0.2, -0.15) is 9.50 Å². The Kier molecular flexibility index (Phi) is 2.73. The molecule has 0 aliphatic rings. The van der Waals surface area contributed by atoms with Crippen LogP contribution in [0.3, 0.4) is 0 Å². The number of benzene rings is 1. The van der Waals surface area contributed by atoms with Crippen LogP contribution < -0.4 is 0 Å². The molecule has 0 unspecified atom stereocenters. The second-order valence-corrected chi connectivity index (χ2v) is 4.67. The van der Waals surface area contributed by atoms with Crippen LogP contribution in [0.1, 0.15) is 0 Å². The number of fused-ring (bicyclic) bond motifs is 1. The minimum Gasteiger partial charge on any atom is -0.403 e. The van der Waals surface area contributed by atoms with E-state index in [9.17, 15) is 0 Å². The number of H-pyrrole nitrogens is 1. The van der Waals surface area contributed by atoms with E-state index in [2.05, 4.69) is 15.1 Å². The second-order valence-electron chi connectivity index (χ2n) is 3.46. The lowest BCUT2D eigenvalue weighted by Crippen LogP contribution is -1.95. The van der Waals surface area contributed by atoms with E-state index in [0.29, 0.717) is 15.7 Å². The first kappa shape index (κ1) is 11.5. The van der Waals surface area contributed by atoms with Crippen molar-refractivity contribution in [1.29, 1.82) is 0 Å². The van der Waals surface area contributed by atoms with Crippen LogP contribution in [0.5, 0.6) is 0 Å². The van der Waals surface area contributed by atoms with E-state index in [1.165, 1.54) is 4.52 Å². The molecule has 0 aliphatic heterocycles. The van der Waals surface area contributed by atoms with Gasteiger partial charge in [0.1, 0.15) is 0 Å². The molecule has 2 aromatic heterocycles. The van der Waals surface area contributed by atoms with Crippen LogP contribution in [0.25, 0.3) is 17.3 Å². The molecule has 3 rings (SSSR count). The van der Waals surface area contributed by atoms with Gasteiger partial charge in [-0.1, -0.05) is 11.6 Å². The zero-order valence-electron chi connectivity index (χ0n) is 8.75. The molecule has 0 aliphatic carbocycles. The Hall–Kier alpha value is -1.57. The zero-order valence-corrected chi connectivity index (χ0v) is 11.1. The normalized spacial score (nSPS) is 10.9. The average Bonchev–Trinajstić information content (AvgIpc) is 2.74. The number of hydrogen-bond donors (Lipinski definition) is 1. The maximum atomic E-state index is 5.82. The van der Waals surface area contributed by atoms with Gasteiger partial charge in [0.25, 0.3) is 0 Å². The van der Waals surface area contributed by atoms with Gasteiger partial charge in [-0.05, 0) is 48.7 Å². The van der Waals surface area contributed by atoms with E-state index in [-0.39, 0.29) is 10.6 Å². The van der Waals surface area contributed by atoms with Crippen molar-refractivity contribution in [3.63, 3.8) is 0 Å². The lowest BCUT2D eigenvalue weighted by molar-refractivity contribution is 0.599. The summed E-state index contributed by atoms with van der Waals surface area (Å²) in [5.41, 5.74) is 0.783. The Bertz CT molecular complexity index is 833. The molecule has 90 valence electrons. The van der Waals surface area contributed by atoms with Crippen molar-refractivity contribution in [2.45, 2.75) is 0 Å². The summed E-state index contributed by atoms with van der Waals surface area (Å²) in [5, 5.41) is 4.86. The number of nitrogens with zero attached hydrogens (tertiary/aromatic N) is 3. The van der Waals surface area contributed by atoms with Crippen LogP contribution in [-0.2, 0) is 0 Å². The fraction of sp³-hybridized carbons (Fsp3) is 0.